The maximum Gasteiger partial charge on any atom is 0.119 e. The molecule has 36 heavy (non-hydrogen) atoms. The van der Waals surface area contributed by atoms with Crippen LogP contribution < -0.4 is 10.5 Å². The number of fused-ring (bicyclic) bond motifs is 1. The minimum absolute atomic E-state index is 0.148. The number of nitrogens with two attached hydrogens (primary N) is 1. The van der Waals surface area contributed by atoms with Crippen molar-refractivity contribution in [3.8, 4) is 5.75 Å². The molecule has 1 aromatic heterocycles. The van der Waals surface area contributed by atoms with Gasteiger partial charge in [0.15, 0.2) is 0 Å². The van der Waals surface area contributed by atoms with Crippen molar-refractivity contribution < 1.29 is 9.13 Å². The molecule has 3 heterocycles. The first-order chi connectivity index (χ1) is 17.6. The Bertz CT molecular complexity index is 1210. The van der Waals surface area contributed by atoms with Crippen LogP contribution in [0.2, 0.25) is 0 Å². The van der Waals surface area contributed by atoms with Crippen LogP contribution in [0.25, 0.3) is 11.1 Å². The first kappa shape index (κ1) is 24.3. The lowest BCUT2D eigenvalue weighted by atomic mass is 9.86. The van der Waals surface area contributed by atoms with Gasteiger partial charge in [-0.1, -0.05) is 12.1 Å². The molecule has 1 aliphatic carbocycles. The first-order valence-corrected chi connectivity index (χ1v) is 12.8. The van der Waals surface area contributed by atoms with Crippen molar-refractivity contribution in [1.29, 1.82) is 0 Å². The van der Waals surface area contributed by atoms with Gasteiger partial charge >= 0.3 is 0 Å². The molecule has 188 valence electrons. The quantitative estimate of drug-likeness (QED) is 0.584. The fourth-order valence-corrected chi connectivity index (χ4v) is 5.49. The van der Waals surface area contributed by atoms with Crippen LogP contribution >= 0.6 is 0 Å². The van der Waals surface area contributed by atoms with Gasteiger partial charge in [-0.15, -0.1) is 0 Å². The van der Waals surface area contributed by atoms with E-state index in [2.05, 4.69) is 70.4 Å². The van der Waals surface area contributed by atoms with Crippen molar-refractivity contribution in [3.63, 3.8) is 0 Å². The van der Waals surface area contributed by atoms with E-state index in [0.717, 1.165) is 43.8 Å². The molecule has 5 rings (SSSR count). The van der Waals surface area contributed by atoms with Gasteiger partial charge in [-0.3, -0.25) is 14.3 Å². The van der Waals surface area contributed by atoms with Gasteiger partial charge in [0, 0.05) is 62.1 Å². The van der Waals surface area contributed by atoms with Crippen molar-refractivity contribution >= 4 is 11.1 Å². The van der Waals surface area contributed by atoms with Crippen LogP contribution in [0.1, 0.15) is 36.5 Å². The van der Waals surface area contributed by atoms with Crippen LogP contribution in [0.5, 0.6) is 5.75 Å². The SMILES string of the molecule is COc1ccc2c(c1)CCCC(c1ccncc1)=C2C1=CC(C)N(/C=C(\N)CN2CC(CF)C2)C=C1. The second-order valence-electron chi connectivity index (χ2n) is 10.0. The topological polar surface area (TPSA) is 54.6 Å². The van der Waals surface area contributed by atoms with Crippen LogP contribution in [-0.4, -0.2) is 54.2 Å². The summed E-state index contributed by atoms with van der Waals surface area (Å²) in [5.41, 5.74) is 14.8. The third-order valence-corrected chi connectivity index (χ3v) is 7.36. The lowest BCUT2D eigenvalue weighted by molar-refractivity contribution is 0.0903. The zero-order chi connectivity index (χ0) is 25.1. The second-order valence-corrected chi connectivity index (χ2v) is 10.0. The van der Waals surface area contributed by atoms with Crippen LogP contribution in [0.3, 0.4) is 0 Å². The highest BCUT2D eigenvalue weighted by molar-refractivity contribution is 6.01. The van der Waals surface area contributed by atoms with E-state index in [4.69, 9.17) is 10.5 Å². The summed E-state index contributed by atoms with van der Waals surface area (Å²) < 4.78 is 18.3. The highest BCUT2D eigenvalue weighted by Gasteiger charge is 2.27. The minimum Gasteiger partial charge on any atom is -0.497 e. The number of halogens is 1. The number of alkyl halides is 1. The van der Waals surface area contributed by atoms with E-state index in [1.807, 2.05) is 18.6 Å². The van der Waals surface area contributed by atoms with Gasteiger partial charge in [0.1, 0.15) is 5.75 Å². The molecule has 2 aromatic rings. The molecule has 3 aliphatic rings. The number of hydrogen-bond donors (Lipinski definition) is 1. The van der Waals surface area contributed by atoms with E-state index in [1.165, 1.54) is 33.4 Å². The monoisotopic (exact) mass is 486 g/mol. The Morgan fingerprint density at radius 3 is 2.72 bits per heavy atom. The normalized spacial score (nSPS) is 21.1. The number of aryl methyl sites for hydroxylation is 1. The summed E-state index contributed by atoms with van der Waals surface area (Å²) in [6, 6.07) is 10.8. The van der Waals surface area contributed by atoms with E-state index in [9.17, 15) is 4.39 Å². The number of ether oxygens (including phenoxy) is 1. The summed E-state index contributed by atoms with van der Waals surface area (Å²) in [5, 5.41) is 0. The summed E-state index contributed by atoms with van der Waals surface area (Å²) in [5.74, 6) is 1.07. The molecule has 0 spiro atoms. The molecule has 1 aromatic carbocycles. The van der Waals surface area contributed by atoms with Crippen LogP contribution in [0.4, 0.5) is 4.39 Å². The molecular weight excluding hydrogens is 451 g/mol. The van der Waals surface area contributed by atoms with E-state index in [0.29, 0.717) is 6.54 Å². The molecule has 2 N–H and O–H groups in total. The average molecular weight is 487 g/mol. The molecule has 1 fully saturated rings. The van der Waals surface area contributed by atoms with Gasteiger partial charge in [-0.25, -0.2) is 0 Å². The Morgan fingerprint density at radius 2 is 2.00 bits per heavy atom. The number of allylic oxidation sites excluding steroid dienone is 4. The predicted molar refractivity (Wildman–Crippen MR) is 144 cm³/mol. The number of nitrogens with zero attached hydrogens (tertiary/aromatic N) is 3. The molecule has 1 saturated heterocycles. The van der Waals surface area contributed by atoms with Gasteiger partial charge in [-0.2, -0.15) is 0 Å². The van der Waals surface area contributed by atoms with Crippen LogP contribution in [0, 0.1) is 5.92 Å². The molecule has 5 nitrogen and oxygen atoms in total. The van der Waals surface area contributed by atoms with Gasteiger partial charge in [0.05, 0.1) is 13.8 Å². The fraction of sp³-hybridized carbons (Fsp3) is 0.367. The lowest BCUT2D eigenvalue weighted by Gasteiger charge is -2.38. The standard InChI is InChI=1S/C30H35FN4O/c1-21-14-25(10-13-35(21)20-26(32)19-34-17-22(16-31)18-34)30-28(23-8-11-33-12-9-23)5-3-4-24-15-27(36-2)6-7-29(24)30/h6-15,20-22H,3-5,16-19,32H2,1-2H3/b26-20-. The second kappa shape index (κ2) is 10.7. The van der Waals surface area contributed by atoms with Crippen LogP contribution in [0.15, 0.2) is 78.5 Å². The molecule has 1 atom stereocenters. The number of benzene rings is 1. The van der Waals surface area contributed by atoms with Crippen molar-refractivity contribution in [2.75, 3.05) is 33.4 Å². The van der Waals surface area contributed by atoms with Gasteiger partial charge in [0.25, 0.3) is 0 Å². The predicted octanol–water partition coefficient (Wildman–Crippen LogP) is 5.18. The number of aromatic nitrogens is 1. The van der Waals surface area contributed by atoms with Crippen LogP contribution in [-0.2, 0) is 6.42 Å². The smallest absolute Gasteiger partial charge is 0.119 e. The van der Waals surface area contributed by atoms with E-state index < -0.39 is 0 Å². The molecule has 0 amide bonds. The van der Waals surface area contributed by atoms with Gasteiger partial charge < -0.3 is 15.4 Å². The number of methoxy groups -OCH3 is 1. The maximum absolute atomic E-state index is 12.7. The minimum atomic E-state index is -0.243. The fourth-order valence-electron chi connectivity index (χ4n) is 5.49. The molecule has 0 saturated carbocycles. The van der Waals surface area contributed by atoms with Gasteiger partial charge in [-0.05, 0) is 89.9 Å². The molecule has 2 aliphatic heterocycles. The number of hydrogen-bond acceptors (Lipinski definition) is 5. The van der Waals surface area contributed by atoms with Crippen molar-refractivity contribution in [2.24, 2.45) is 11.7 Å². The Hall–Kier alpha value is -3.38. The Labute approximate surface area is 213 Å². The average Bonchev–Trinajstić information content (AvgIpc) is 3.06. The van der Waals surface area contributed by atoms with Crippen molar-refractivity contribution in [3.05, 3.63) is 95.2 Å². The van der Waals surface area contributed by atoms with E-state index in [-0.39, 0.29) is 18.6 Å². The van der Waals surface area contributed by atoms with E-state index in [1.54, 1.807) is 7.11 Å². The Kier molecular flexibility index (Phi) is 7.23. The maximum atomic E-state index is 12.7. The molecule has 1 unspecified atom stereocenters. The molecular formula is C30H35FN4O. The highest BCUT2D eigenvalue weighted by atomic mass is 19.1. The summed E-state index contributed by atoms with van der Waals surface area (Å²) in [7, 11) is 1.72. The van der Waals surface area contributed by atoms with Crippen molar-refractivity contribution in [2.45, 2.75) is 32.2 Å². The van der Waals surface area contributed by atoms with E-state index >= 15 is 0 Å². The Morgan fingerprint density at radius 1 is 1.19 bits per heavy atom. The number of likely N-dealkylation sites (tertiary alicyclic amines) is 1. The summed E-state index contributed by atoms with van der Waals surface area (Å²) in [6.45, 7) is 4.20. The number of pyridine rings is 1. The molecule has 6 heteroatoms. The van der Waals surface area contributed by atoms with Crippen molar-refractivity contribution in [1.82, 2.24) is 14.8 Å². The zero-order valence-corrected chi connectivity index (χ0v) is 21.2. The third-order valence-electron chi connectivity index (χ3n) is 7.36. The third kappa shape index (κ3) is 5.09. The first-order valence-electron chi connectivity index (χ1n) is 12.8. The number of rotatable bonds is 7. The summed E-state index contributed by atoms with van der Waals surface area (Å²) in [6.07, 6.45) is 15.5. The summed E-state index contributed by atoms with van der Waals surface area (Å²) in [4.78, 5) is 8.59. The highest BCUT2D eigenvalue weighted by Crippen LogP contribution is 2.42. The zero-order valence-electron chi connectivity index (χ0n) is 21.2. The molecule has 0 radical (unpaired) electrons. The largest absolute Gasteiger partial charge is 0.497 e. The van der Waals surface area contributed by atoms with Gasteiger partial charge in [0.2, 0.25) is 0 Å². The summed E-state index contributed by atoms with van der Waals surface area (Å²) >= 11 is 0. The molecule has 0 bridgehead atoms. The lowest BCUT2D eigenvalue weighted by Crippen LogP contribution is -2.49. The Balaban J connectivity index is 1.46.